The molecule has 0 bridgehead atoms. The Kier molecular flexibility index (Phi) is 11.0. The largest absolute Gasteiger partial charge is 0.380 e. The number of sulfonamides is 3. The molecule has 0 saturated heterocycles. The van der Waals surface area contributed by atoms with E-state index in [-0.39, 0.29) is 46.8 Å². The molecule has 1 aliphatic heterocycles. The predicted octanol–water partition coefficient (Wildman–Crippen LogP) is 4.07. The summed E-state index contributed by atoms with van der Waals surface area (Å²) in [6, 6.07) is 20.6. The monoisotopic (exact) mass is 752 g/mol. The zero-order valence-electron chi connectivity index (χ0n) is 25.8. The molecule has 48 heavy (non-hydrogen) atoms. The molecule has 1 atom stereocenters. The normalized spacial score (nSPS) is 15.7. The van der Waals surface area contributed by atoms with Gasteiger partial charge in [-0.3, -0.25) is 0 Å². The first-order valence-corrected chi connectivity index (χ1v) is 20.0. The quantitative estimate of drug-likeness (QED) is 0.181. The van der Waals surface area contributed by atoms with E-state index in [2.05, 4.69) is 9.62 Å². The van der Waals surface area contributed by atoms with Crippen LogP contribution in [0, 0.1) is 0 Å². The van der Waals surface area contributed by atoms with E-state index in [0.717, 1.165) is 16.7 Å². The summed E-state index contributed by atoms with van der Waals surface area (Å²) >= 11 is 12.8. The fourth-order valence-electron chi connectivity index (χ4n) is 5.70. The van der Waals surface area contributed by atoms with Crippen molar-refractivity contribution in [2.45, 2.75) is 33.6 Å². The second-order valence-electron chi connectivity index (χ2n) is 11.5. The van der Waals surface area contributed by atoms with Crippen molar-refractivity contribution in [1.82, 2.24) is 9.62 Å². The molecular weight excluding hydrogens is 719 g/mol. The van der Waals surface area contributed by atoms with Crippen LogP contribution in [0.4, 0.5) is 0 Å². The number of halogens is 2. The van der Waals surface area contributed by atoms with Gasteiger partial charge in [-0.1, -0.05) is 53.5 Å². The fraction of sp³-hybridized carbons (Fsp3) is 0.250. The van der Waals surface area contributed by atoms with E-state index in [4.69, 9.17) is 38.2 Å². The summed E-state index contributed by atoms with van der Waals surface area (Å²) in [5.41, 5.74) is 4.61. The van der Waals surface area contributed by atoms with Gasteiger partial charge in [0.15, 0.2) is 0 Å². The first-order valence-electron chi connectivity index (χ1n) is 14.7. The van der Waals surface area contributed by atoms with Gasteiger partial charge in [-0.25, -0.2) is 40.3 Å². The lowest BCUT2D eigenvalue weighted by Gasteiger charge is -2.33. The van der Waals surface area contributed by atoms with Gasteiger partial charge in [0, 0.05) is 35.6 Å². The predicted molar refractivity (Wildman–Crippen MR) is 185 cm³/mol. The lowest BCUT2D eigenvalue weighted by molar-refractivity contribution is 0.142. The van der Waals surface area contributed by atoms with Crippen molar-refractivity contribution in [3.63, 3.8) is 0 Å². The van der Waals surface area contributed by atoms with E-state index in [0.29, 0.717) is 39.8 Å². The molecule has 4 aromatic carbocycles. The molecule has 0 spiro atoms. The minimum atomic E-state index is -3.99. The number of nitrogens with zero attached hydrogens (tertiary/aromatic N) is 1. The van der Waals surface area contributed by atoms with Crippen LogP contribution in [0.3, 0.4) is 0 Å². The van der Waals surface area contributed by atoms with Gasteiger partial charge >= 0.3 is 0 Å². The fourth-order valence-corrected chi connectivity index (χ4v) is 8.42. The first-order chi connectivity index (χ1) is 22.5. The molecule has 0 saturated carbocycles. The summed E-state index contributed by atoms with van der Waals surface area (Å²) in [4.78, 5) is 2.09. The van der Waals surface area contributed by atoms with Crippen molar-refractivity contribution in [3.05, 3.63) is 111 Å². The molecule has 0 amide bonds. The van der Waals surface area contributed by atoms with Gasteiger partial charge in [-0.2, -0.15) is 0 Å². The average molecular weight is 754 g/mol. The topological polar surface area (TPSA) is 179 Å². The Hall–Kier alpha value is -2.89. The molecule has 16 heteroatoms. The van der Waals surface area contributed by atoms with Crippen molar-refractivity contribution in [2.75, 3.05) is 33.4 Å². The Morgan fingerprint density at radius 1 is 0.833 bits per heavy atom. The maximum atomic E-state index is 13.2. The molecule has 1 unspecified atom stereocenters. The van der Waals surface area contributed by atoms with Crippen LogP contribution in [0.25, 0.3) is 11.1 Å². The number of hydrogen-bond donors (Lipinski definition) is 3. The molecule has 5 N–H and O–H groups in total. The van der Waals surface area contributed by atoms with Crippen LogP contribution >= 0.6 is 23.2 Å². The second kappa shape index (κ2) is 14.5. The average Bonchev–Trinajstić information content (AvgIpc) is 3.02. The molecule has 1 heterocycles. The molecule has 0 aliphatic carbocycles. The summed E-state index contributed by atoms with van der Waals surface area (Å²) in [6.45, 7) is 1.49. The minimum Gasteiger partial charge on any atom is -0.380 e. The molecule has 256 valence electrons. The lowest BCUT2D eigenvalue weighted by atomic mass is 9.85. The number of likely N-dealkylation sites (N-methyl/N-ethyl adjacent to an activating group) is 1. The third-order valence-electron chi connectivity index (χ3n) is 8.02. The Morgan fingerprint density at radius 2 is 1.52 bits per heavy atom. The Balaban J connectivity index is 1.23. The van der Waals surface area contributed by atoms with E-state index in [1.165, 1.54) is 30.3 Å². The molecule has 11 nitrogen and oxygen atoms in total. The standard InChI is InChI=1S/C32H34Cl2N4O7S3/c1-38-19-30(29-17-24(33)18-32(34)31(29)20-38)22-3-2-4-27(16-22)48(43,44)37-12-14-45-13-11-23-15-26(47(36,41)42)9-10-28(23)21-5-7-25(8-6-21)46(35,39)40/h2-10,15-18,30,37H,11-14,19-20H2,1H3,(H2,35,39,40)(H2,36,41,42). The van der Waals surface area contributed by atoms with Crippen LogP contribution in [0.5, 0.6) is 0 Å². The summed E-state index contributed by atoms with van der Waals surface area (Å²) < 4.78 is 82.1. The van der Waals surface area contributed by atoms with Crippen LogP contribution in [0.2, 0.25) is 10.0 Å². The molecule has 4 aromatic rings. The van der Waals surface area contributed by atoms with Gasteiger partial charge in [-0.15, -0.1) is 0 Å². The molecule has 0 aromatic heterocycles. The first kappa shape index (κ1) is 36.4. The second-order valence-corrected chi connectivity index (χ2v) is 17.2. The van der Waals surface area contributed by atoms with Gasteiger partial charge in [0.2, 0.25) is 30.1 Å². The number of hydrogen-bond acceptors (Lipinski definition) is 8. The SMILES string of the molecule is CN1Cc2c(Cl)cc(Cl)cc2C(c2cccc(S(=O)(=O)NCCOCCc3cc(S(N)(=O)=O)ccc3-c3ccc(S(N)(=O)=O)cc3)c2)C1. The van der Waals surface area contributed by atoms with Crippen LogP contribution < -0.4 is 15.0 Å². The van der Waals surface area contributed by atoms with Crippen molar-refractivity contribution >= 4 is 53.3 Å². The molecule has 1 aliphatic rings. The van der Waals surface area contributed by atoms with E-state index >= 15 is 0 Å². The van der Waals surface area contributed by atoms with E-state index in [1.54, 1.807) is 36.4 Å². The number of primary sulfonamides is 2. The Morgan fingerprint density at radius 3 is 2.21 bits per heavy atom. The van der Waals surface area contributed by atoms with Crippen LogP contribution in [0.1, 0.15) is 28.2 Å². The summed E-state index contributed by atoms with van der Waals surface area (Å²) in [7, 11) is -9.77. The van der Waals surface area contributed by atoms with Gasteiger partial charge in [0.1, 0.15) is 0 Å². The summed E-state index contributed by atoms with van der Waals surface area (Å²) in [6.07, 6.45) is 0.260. The maximum absolute atomic E-state index is 13.2. The van der Waals surface area contributed by atoms with Gasteiger partial charge in [0.05, 0.1) is 27.9 Å². The highest BCUT2D eigenvalue weighted by atomic mass is 35.5. The lowest BCUT2D eigenvalue weighted by Crippen LogP contribution is -2.31. The van der Waals surface area contributed by atoms with Crippen molar-refractivity contribution < 1.29 is 30.0 Å². The van der Waals surface area contributed by atoms with Crippen LogP contribution in [-0.2, 0) is 47.8 Å². The highest BCUT2D eigenvalue weighted by Gasteiger charge is 2.28. The van der Waals surface area contributed by atoms with E-state index < -0.39 is 30.1 Å². The highest BCUT2D eigenvalue weighted by Crippen LogP contribution is 2.39. The molecule has 5 rings (SSSR count). The minimum absolute atomic E-state index is 0.00806. The van der Waals surface area contributed by atoms with E-state index in [9.17, 15) is 25.3 Å². The number of nitrogens with two attached hydrogens (primary N) is 2. The van der Waals surface area contributed by atoms with Crippen molar-refractivity contribution in [1.29, 1.82) is 0 Å². The number of fused-ring (bicyclic) bond motifs is 1. The number of benzene rings is 4. The van der Waals surface area contributed by atoms with E-state index in [1.807, 2.05) is 19.2 Å². The summed E-state index contributed by atoms with van der Waals surface area (Å²) in [5.74, 6) is -0.127. The number of nitrogens with one attached hydrogen (secondary N) is 1. The third-order valence-corrected chi connectivity index (χ3v) is 11.9. The third kappa shape index (κ3) is 8.63. The number of ether oxygens (including phenoxy) is 1. The van der Waals surface area contributed by atoms with Gasteiger partial charge in [0.25, 0.3) is 0 Å². The molecule has 0 fully saturated rings. The van der Waals surface area contributed by atoms with Gasteiger partial charge in [-0.05, 0) is 95.4 Å². The number of rotatable bonds is 12. The zero-order chi connectivity index (χ0) is 34.9. The summed E-state index contributed by atoms with van der Waals surface area (Å²) in [5, 5.41) is 11.6. The Labute approximate surface area is 291 Å². The van der Waals surface area contributed by atoms with Crippen LogP contribution in [-0.4, -0.2) is 63.5 Å². The van der Waals surface area contributed by atoms with Crippen LogP contribution in [0.15, 0.2) is 93.5 Å². The van der Waals surface area contributed by atoms with Gasteiger partial charge < -0.3 is 9.64 Å². The maximum Gasteiger partial charge on any atom is 0.240 e. The van der Waals surface area contributed by atoms with Crippen molar-refractivity contribution in [3.8, 4) is 11.1 Å². The molecular formula is C32H34Cl2N4O7S3. The zero-order valence-corrected chi connectivity index (χ0v) is 29.7. The highest BCUT2D eigenvalue weighted by molar-refractivity contribution is 7.89. The molecule has 0 radical (unpaired) electrons. The van der Waals surface area contributed by atoms with Crippen molar-refractivity contribution in [2.24, 2.45) is 10.3 Å². The Bertz CT molecular complexity index is 2160. The smallest absolute Gasteiger partial charge is 0.240 e.